The third-order valence-corrected chi connectivity index (χ3v) is 3.73. The third kappa shape index (κ3) is 4.16. The maximum absolute atomic E-state index is 12.1. The van der Waals surface area contributed by atoms with Crippen molar-refractivity contribution in [1.29, 1.82) is 0 Å². The highest BCUT2D eigenvalue weighted by molar-refractivity contribution is 6.32. The SMILES string of the molecule is COc1ccccc1C(=O)NC(=O)COC(=O)c1c(C)nn(C)c1Cl. The monoisotopic (exact) mass is 365 g/mol. The number of hydrogen-bond donors (Lipinski definition) is 1. The summed E-state index contributed by atoms with van der Waals surface area (Å²) in [4.78, 5) is 35.9. The van der Waals surface area contributed by atoms with Crippen LogP contribution in [0.4, 0.5) is 0 Å². The highest BCUT2D eigenvalue weighted by atomic mass is 35.5. The van der Waals surface area contributed by atoms with E-state index in [-0.39, 0.29) is 16.3 Å². The summed E-state index contributed by atoms with van der Waals surface area (Å²) in [7, 11) is 2.99. The molecule has 0 aliphatic heterocycles. The maximum atomic E-state index is 12.1. The highest BCUT2D eigenvalue weighted by Crippen LogP contribution is 2.19. The van der Waals surface area contributed by atoms with Gasteiger partial charge >= 0.3 is 5.97 Å². The average molecular weight is 366 g/mol. The second-order valence-corrected chi connectivity index (χ2v) is 5.39. The lowest BCUT2D eigenvalue weighted by Gasteiger charge is -2.08. The Morgan fingerprint density at radius 1 is 1.28 bits per heavy atom. The van der Waals surface area contributed by atoms with Gasteiger partial charge in [-0.25, -0.2) is 4.79 Å². The maximum Gasteiger partial charge on any atom is 0.343 e. The van der Waals surface area contributed by atoms with Crippen LogP contribution in [0.1, 0.15) is 26.4 Å². The van der Waals surface area contributed by atoms with Gasteiger partial charge in [0.25, 0.3) is 11.8 Å². The molecule has 132 valence electrons. The van der Waals surface area contributed by atoms with Crippen molar-refractivity contribution in [1.82, 2.24) is 15.1 Å². The number of nitrogens with zero attached hydrogens (tertiary/aromatic N) is 2. The molecule has 2 rings (SSSR count). The van der Waals surface area contributed by atoms with Gasteiger partial charge in [0, 0.05) is 7.05 Å². The second-order valence-electron chi connectivity index (χ2n) is 5.03. The molecule has 1 aromatic heterocycles. The van der Waals surface area contributed by atoms with Crippen LogP contribution in [-0.2, 0) is 16.6 Å². The van der Waals surface area contributed by atoms with E-state index < -0.39 is 24.4 Å². The molecule has 25 heavy (non-hydrogen) atoms. The molecule has 2 amide bonds. The molecular weight excluding hydrogens is 350 g/mol. The van der Waals surface area contributed by atoms with Gasteiger partial charge in [0.1, 0.15) is 16.5 Å². The van der Waals surface area contributed by atoms with E-state index in [1.807, 2.05) is 0 Å². The minimum atomic E-state index is -0.796. The Morgan fingerprint density at radius 2 is 1.96 bits per heavy atom. The number of amides is 2. The number of carbonyl (C=O) groups excluding carboxylic acids is 3. The topological polar surface area (TPSA) is 99.5 Å². The van der Waals surface area contributed by atoms with Crippen LogP contribution < -0.4 is 10.1 Å². The number of benzene rings is 1. The lowest BCUT2D eigenvalue weighted by Crippen LogP contribution is -2.34. The molecule has 2 aromatic rings. The predicted molar refractivity (Wildman–Crippen MR) is 88.7 cm³/mol. The Balaban J connectivity index is 1.96. The summed E-state index contributed by atoms with van der Waals surface area (Å²) in [5, 5.41) is 6.21. The van der Waals surface area contributed by atoms with Crippen LogP contribution >= 0.6 is 11.6 Å². The molecule has 9 heteroatoms. The third-order valence-electron chi connectivity index (χ3n) is 3.30. The first-order chi connectivity index (χ1) is 11.8. The molecule has 1 N–H and O–H groups in total. The van der Waals surface area contributed by atoms with Crippen molar-refractivity contribution in [3.63, 3.8) is 0 Å². The lowest BCUT2D eigenvalue weighted by molar-refractivity contribution is -0.123. The van der Waals surface area contributed by atoms with Crippen molar-refractivity contribution in [2.45, 2.75) is 6.92 Å². The van der Waals surface area contributed by atoms with Crippen molar-refractivity contribution in [3.05, 3.63) is 46.2 Å². The molecule has 0 radical (unpaired) electrons. The summed E-state index contributed by atoms with van der Waals surface area (Å²) in [6, 6.07) is 6.42. The molecule has 0 saturated heterocycles. The minimum Gasteiger partial charge on any atom is -0.496 e. The first kappa shape index (κ1) is 18.5. The fourth-order valence-corrected chi connectivity index (χ4v) is 2.38. The van der Waals surface area contributed by atoms with Crippen molar-refractivity contribution >= 4 is 29.4 Å². The van der Waals surface area contributed by atoms with Crippen LogP contribution in [0.2, 0.25) is 5.15 Å². The van der Waals surface area contributed by atoms with E-state index in [0.717, 1.165) is 0 Å². The molecule has 0 unspecified atom stereocenters. The Bertz CT molecular complexity index is 831. The Morgan fingerprint density at radius 3 is 2.56 bits per heavy atom. The normalized spacial score (nSPS) is 10.2. The van der Waals surface area contributed by atoms with Gasteiger partial charge in [-0.05, 0) is 19.1 Å². The number of methoxy groups -OCH3 is 1. The summed E-state index contributed by atoms with van der Waals surface area (Å²) in [5.41, 5.74) is 0.645. The zero-order valence-corrected chi connectivity index (χ0v) is 14.6. The summed E-state index contributed by atoms with van der Waals surface area (Å²) in [5.74, 6) is -1.91. The number of aryl methyl sites for hydroxylation is 2. The van der Waals surface area contributed by atoms with Crippen LogP contribution in [-0.4, -0.2) is 41.3 Å². The fourth-order valence-electron chi connectivity index (χ4n) is 2.13. The van der Waals surface area contributed by atoms with Crippen LogP contribution in [0.3, 0.4) is 0 Å². The van der Waals surface area contributed by atoms with E-state index in [2.05, 4.69) is 10.4 Å². The van der Waals surface area contributed by atoms with E-state index in [4.69, 9.17) is 21.1 Å². The highest BCUT2D eigenvalue weighted by Gasteiger charge is 2.22. The van der Waals surface area contributed by atoms with Crippen LogP contribution in [0.5, 0.6) is 5.75 Å². The number of halogens is 1. The van der Waals surface area contributed by atoms with E-state index in [1.165, 1.54) is 17.9 Å². The van der Waals surface area contributed by atoms with Gasteiger partial charge in [-0.2, -0.15) is 5.10 Å². The lowest BCUT2D eigenvalue weighted by atomic mass is 10.2. The number of rotatable bonds is 5. The van der Waals surface area contributed by atoms with Gasteiger partial charge in [-0.1, -0.05) is 23.7 Å². The van der Waals surface area contributed by atoms with Gasteiger partial charge in [-0.3, -0.25) is 19.6 Å². The molecule has 0 atom stereocenters. The van der Waals surface area contributed by atoms with Crippen LogP contribution in [0.25, 0.3) is 0 Å². The number of carbonyl (C=O) groups is 3. The van der Waals surface area contributed by atoms with E-state index in [1.54, 1.807) is 32.2 Å². The first-order valence-corrected chi connectivity index (χ1v) is 7.56. The number of esters is 1. The molecular formula is C16H16ClN3O5. The van der Waals surface area contributed by atoms with Gasteiger partial charge in [-0.15, -0.1) is 0 Å². The quantitative estimate of drug-likeness (QED) is 0.806. The largest absolute Gasteiger partial charge is 0.496 e. The van der Waals surface area contributed by atoms with Gasteiger partial charge in [0.05, 0.1) is 18.4 Å². The molecule has 0 saturated carbocycles. The Labute approximate surface area is 148 Å². The number of imide groups is 1. The number of hydrogen-bond acceptors (Lipinski definition) is 6. The summed E-state index contributed by atoms with van der Waals surface area (Å²) in [6.07, 6.45) is 0. The average Bonchev–Trinajstić information content (AvgIpc) is 2.84. The molecule has 0 spiro atoms. The van der Waals surface area contributed by atoms with Crippen LogP contribution in [0.15, 0.2) is 24.3 Å². The predicted octanol–water partition coefficient (Wildman–Crippen LogP) is 1.50. The zero-order chi connectivity index (χ0) is 18.6. The number of para-hydroxylation sites is 1. The minimum absolute atomic E-state index is 0.0769. The Kier molecular flexibility index (Phi) is 5.76. The fraction of sp³-hybridized carbons (Fsp3) is 0.250. The van der Waals surface area contributed by atoms with Crippen molar-refractivity contribution in [2.24, 2.45) is 7.05 Å². The first-order valence-electron chi connectivity index (χ1n) is 7.18. The van der Waals surface area contributed by atoms with E-state index >= 15 is 0 Å². The molecule has 1 aromatic carbocycles. The van der Waals surface area contributed by atoms with Crippen LogP contribution in [0, 0.1) is 6.92 Å². The molecule has 8 nitrogen and oxygen atoms in total. The molecule has 0 bridgehead atoms. The smallest absolute Gasteiger partial charge is 0.343 e. The van der Waals surface area contributed by atoms with E-state index in [0.29, 0.717) is 11.4 Å². The molecule has 0 aliphatic rings. The van der Waals surface area contributed by atoms with Crippen molar-refractivity contribution < 1.29 is 23.9 Å². The summed E-state index contributed by atoms with van der Waals surface area (Å²) >= 11 is 5.95. The number of nitrogens with one attached hydrogen (secondary N) is 1. The molecule has 0 aliphatic carbocycles. The summed E-state index contributed by atoms with van der Waals surface area (Å²) in [6.45, 7) is 0.956. The number of ether oxygens (including phenoxy) is 2. The number of aromatic nitrogens is 2. The standard InChI is InChI=1S/C16H16ClN3O5/c1-9-13(14(17)20(2)19-9)16(23)25-8-12(21)18-15(22)10-6-4-5-7-11(10)24-3/h4-7H,8H2,1-3H3,(H,18,21,22). The molecule has 1 heterocycles. The van der Waals surface area contributed by atoms with Gasteiger partial charge in [0.15, 0.2) is 6.61 Å². The van der Waals surface area contributed by atoms with Gasteiger partial charge < -0.3 is 9.47 Å². The van der Waals surface area contributed by atoms with Crippen molar-refractivity contribution in [2.75, 3.05) is 13.7 Å². The summed E-state index contributed by atoms with van der Waals surface area (Å²) < 4.78 is 11.3. The van der Waals surface area contributed by atoms with Gasteiger partial charge in [0.2, 0.25) is 0 Å². The second kappa shape index (κ2) is 7.80. The van der Waals surface area contributed by atoms with E-state index in [9.17, 15) is 14.4 Å². The zero-order valence-electron chi connectivity index (χ0n) is 13.8. The van der Waals surface area contributed by atoms with Crippen molar-refractivity contribution in [3.8, 4) is 5.75 Å². The molecule has 0 fully saturated rings. The Hall–Kier alpha value is -2.87.